The summed E-state index contributed by atoms with van der Waals surface area (Å²) in [6, 6.07) is 11.1. The van der Waals surface area contributed by atoms with Gasteiger partial charge in [-0.05, 0) is 56.3 Å². The van der Waals surface area contributed by atoms with Crippen LogP contribution in [0, 0.1) is 5.82 Å². The molecular weight excluding hydrogens is 375 g/mol. The van der Waals surface area contributed by atoms with Crippen LogP contribution in [0.5, 0.6) is 0 Å². The number of amides is 1. The molecule has 8 heteroatoms. The van der Waals surface area contributed by atoms with E-state index in [-0.39, 0.29) is 30.2 Å². The molecule has 0 saturated carbocycles. The number of carbonyl (C=O) groups excluding carboxylic acids is 1. The van der Waals surface area contributed by atoms with Gasteiger partial charge in [0.25, 0.3) is 5.91 Å². The number of halogens is 2. The minimum atomic E-state index is -0.385. The zero-order valence-electron chi connectivity index (χ0n) is 14.2. The van der Waals surface area contributed by atoms with Crippen molar-refractivity contribution in [2.24, 2.45) is 10.7 Å². The van der Waals surface area contributed by atoms with Crippen LogP contribution in [0.1, 0.15) is 29.8 Å². The molecule has 1 heterocycles. The second-order valence-electron chi connectivity index (χ2n) is 5.77. The SMILES string of the molecule is CC(C)N=C(N)c1ccc2nc(NC(=O)c3ccc(F)cc3)sc2c1.Cl. The molecule has 0 unspecified atom stereocenters. The monoisotopic (exact) mass is 392 g/mol. The van der Waals surface area contributed by atoms with E-state index in [0.717, 1.165) is 15.8 Å². The molecule has 5 nitrogen and oxygen atoms in total. The van der Waals surface area contributed by atoms with Gasteiger partial charge < -0.3 is 5.73 Å². The summed E-state index contributed by atoms with van der Waals surface area (Å²) in [5.41, 5.74) is 7.95. The van der Waals surface area contributed by atoms with Gasteiger partial charge in [0.1, 0.15) is 11.7 Å². The predicted octanol–water partition coefficient (Wildman–Crippen LogP) is 4.22. The van der Waals surface area contributed by atoms with Crippen molar-refractivity contribution in [3.05, 3.63) is 59.4 Å². The van der Waals surface area contributed by atoms with Crippen molar-refractivity contribution in [1.29, 1.82) is 0 Å². The van der Waals surface area contributed by atoms with Gasteiger partial charge in [-0.25, -0.2) is 9.37 Å². The Kier molecular flexibility index (Phi) is 6.28. The molecule has 2 aromatic carbocycles. The highest BCUT2D eigenvalue weighted by Gasteiger charge is 2.11. The molecule has 0 aliphatic heterocycles. The number of hydrogen-bond acceptors (Lipinski definition) is 4. The van der Waals surface area contributed by atoms with E-state index in [9.17, 15) is 9.18 Å². The molecule has 3 aromatic rings. The average Bonchev–Trinajstić information content (AvgIpc) is 2.95. The van der Waals surface area contributed by atoms with Crippen LogP contribution in [0.25, 0.3) is 10.2 Å². The van der Waals surface area contributed by atoms with E-state index in [1.165, 1.54) is 35.6 Å². The molecule has 26 heavy (non-hydrogen) atoms. The van der Waals surface area contributed by atoms with Crippen molar-refractivity contribution in [2.75, 3.05) is 5.32 Å². The van der Waals surface area contributed by atoms with Crippen LogP contribution in [0.2, 0.25) is 0 Å². The molecule has 0 aliphatic rings. The first-order valence-electron chi connectivity index (χ1n) is 7.73. The molecule has 3 N–H and O–H groups in total. The Hall–Kier alpha value is -2.51. The molecule has 1 aromatic heterocycles. The Bertz CT molecular complexity index is 953. The first-order valence-corrected chi connectivity index (χ1v) is 8.55. The number of anilines is 1. The van der Waals surface area contributed by atoms with Gasteiger partial charge in [-0.1, -0.05) is 11.3 Å². The molecule has 0 aliphatic carbocycles. The van der Waals surface area contributed by atoms with Crippen LogP contribution in [0.3, 0.4) is 0 Å². The van der Waals surface area contributed by atoms with Crippen molar-refractivity contribution in [3.63, 3.8) is 0 Å². The third kappa shape index (κ3) is 4.56. The third-order valence-electron chi connectivity index (χ3n) is 3.41. The lowest BCUT2D eigenvalue weighted by atomic mass is 10.2. The smallest absolute Gasteiger partial charge is 0.257 e. The molecule has 0 atom stereocenters. The van der Waals surface area contributed by atoms with Crippen molar-refractivity contribution >= 4 is 50.8 Å². The van der Waals surface area contributed by atoms with Crippen LogP contribution >= 0.6 is 23.7 Å². The maximum atomic E-state index is 12.9. The summed E-state index contributed by atoms with van der Waals surface area (Å²) in [6.45, 7) is 3.92. The van der Waals surface area contributed by atoms with E-state index in [1.807, 2.05) is 32.0 Å². The van der Waals surface area contributed by atoms with Crippen molar-refractivity contribution < 1.29 is 9.18 Å². The van der Waals surface area contributed by atoms with Crippen LogP contribution in [-0.2, 0) is 0 Å². The highest BCUT2D eigenvalue weighted by atomic mass is 35.5. The maximum Gasteiger partial charge on any atom is 0.257 e. The number of nitrogens with zero attached hydrogens (tertiary/aromatic N) is 2. The lowest BCUT2D eigenvalue weighted by molar-refractivity contribution is 0.102. The summed E-state index contributed by atoms with van der Waals surface area (Å²) in [5.74, 6) is -0.243. The van der Waals surface area contributed by atoms with Crippen molar-refractivity contribution in [1.82, 2.24) is 4.98 Å². The number of carbonyl (C=O) groups is 1. The third-order valence-corrected chi connectivity index (χ3v) is 4.34. The average molecular weight is 393 g/mol. The highest BCUT2D eigenvalue weighted by Crippen LogP contribution is 2.27. The Balaban J connectivity index is 0.00000243. The number of rotatable bonds is 4. The lowest BCUT2D eigenvalue weighted by Crippen LogP contribution is -2.15. The molecule has 0 saturated heterocycles. The number of thiazole rings is 1. The summed E-state index contributed by atoms with van der Waals surface area (Å²) < 4.78 is 13.8. The second-order valence-corrected chi connectivity index (χ2v) is 6.80. The molecule has 0 fully saturated rings. The summed E-state index contributed by atoms with van der Waals surface area (Å²) in [5, 5.41) is 3.21. The van der Waals surface area contributed by atoms with Gasteiger partial charge in [0.2, 0.25) is 0 Å². The fourth-order valence-electron chi connectivity index (χ4n) is 2.26. The van der Waals surface area contributed by atoms with Crippen LogP contribution < -0.4 is 11.1 Å². The van der Waals surface area contributed by atoms with Crippen molar-refractivity contribution in [2.45, 2.75) is 19.9 Å². The van der Waals surface area contributed by atoms with E-state index in [1.54, 1.807) is 0 Å². The van der Waals surface area contributed by atoms with Crippen LogP contribution in [0.15, 0.2) is 47.5 Å². The zero-order valence-corrected chi connectivity index (χ0v) is 15.8. The number of nitrogens with one attached hydrogen (secondary N) is 1. The van der Waals surface area contributed by atoms with E-state index in [4.69, 9.17) is 5.73 Å². The van der Waals surface area contributed by atoms with Gasteiger partial charge in [0, 0.05) is 17.2 Å². The van der Waals surface area contributed by atoms with Crippen LogP contribution in [0.4, 0.5) is 9.52 Å². The van der Waals surface area contributed by atoms with Gasteiger partial charge in [0.05, 0.1) is 10.2 Å². The minimum Gasteiger partial charge on any atom is -0.383 e. The van der Waals surface area contributed by atoms with Gasteiger partial charge >= 0.3 is 0 Å². The summed E-state index contributed by atoms with van der Waals surface area (Å²) in [4.78, 5) is 20.9. The number of amidine groups is 1. The normalized spacial score (nSPS) is 11.5. The number of aromatic nitrogens is 1. The minimum absolute atomic E-state index is 0. The van der Waals surface area contributed by atoms with Gasteiger partial charge in [-0.3, -0.25) is 15.1 Å². The molecule has 3 rings (SSSR count). The molecule has 0 spiro atoms. The van der Waals surface area contributed by atoms with E-state index >= 15 is 0 Å². The number of nitrogens with two attached hydrogens (primary N) is 1. The quantitative estimate of drug-likeness (QED) is 0.515. The first kappa shape index (κ1) is 19.8. The number of fused-ring (bicyclic) bond motifs is 1. The first-order chi connectivity index (χ1) is 11.9. The summed E-state index contributed by atoms with van der Waals surface area (Å²) in [6.07, 6.45) is 0. The number of hydrogen-bond donors (Lipinski definition) is 2. The fraction of sp³-hybridized carbons (Fsp3) is 0.167. The Labute approximate surface area is 160 Å². The van der Waals surface area contributed by atoms with E-state index in [2.05, 4.69) is 15.3 Å². The highest BCUT2D eigenvalue weighted by molar-refractivity contribution is 7.22. The predicted molar refractivity (Wildman–Crippen MR) is 107 cm³/mol. The standard InChI is InChI=1S/C18H17FN4OS.ClH/c1-10(2)21-16(20)12-5-8-14-15(9-12)25-18(22-14)23-17(24)11-3-6-13(19)7-4-11;/h3-10H,1-2H3,(H2,20,21)(H,22,23,24);1H. The second kappa shape index (κ2) is 8.25. The topological polar surface area (TPSA) is 80.4 Å². The fourth-order valence-corrected chi connectivity index (χ4v) is 3.16. The molecular formula is C18H18ClFN4OS. The van der Waals surface area contributed by atoms with Crippen LogP contribution in [-0.4, -0.2) is 22.8 Å². The number of benzene rings is 2. The Morgan fingerprint density at radius 3 is 2.50 bits per heavy atom. The molecule has 136 valence electrons. The maximum absolute atomic E-state index is 12.9. The molecule has 1 amide bonds. The Morgan fingerprint density at radius 1 is 1.19 bits per heavy atom. The van der Waals surface area contributed by atoms with Crippen molar-refractivity contribution in [3.8, 4) is 0 Å². The van der Waals surface area contributed by atoms with Gasteiger partial charge in [0.15, 0.2) is 5.13 Å². The van der Waals surface area contributed by atoms with Gasteiger partial charge in [-0.2, -0.15) is 0 Å². The largest absolute Gasteiger partial charge is 0.383 e. The molecule has 0 radical (unpaired) electrons. The molecule has 0 bridgehead atoms. The van der Waals surface area contributed by atoms with Gasteiger partial charge in [-0.15, -0.1) is 12.4 Å². The van der Waals surface area contributed by atoms with E-state index in [0.29, 0.717) is 16.5 Å². The summed E-state index contributed by atoms with van der Waals surface area (Å²) in [7, 11) is 0. The van der Waals surface area contributed by atoms with E-state index < -0.39 is 0 Å². The summed E-state index contributed by atoms with van der Waals surface area (Å²) >= 11 is 1.35. The lowest BCUT2D eigenvalue weighted by Gasteiger charge is -2.02. The zero-order chi connectivity index (χ0) is 18.0. The Morgan fingerprint density at radius 2 is 1.85 bits per heavy atom. The number of aliphatic imine (C=N–C) groups is 1.